The van der Waals surface area contributed by atoms with Crippen molar-refractivity contribution in [3.05, 3.63) is 0 Å². The molecule has 1 saturated carbocycles. The molecule has 6 heteroatoms. The minimum Gasteiger partial charge on any atom is -0.481 e. The first-order valence-electron chi connectivity index (χ1n) is 6.74. The first kappa shape index (κ1) is 13.8. The van der Waals surface area contributed by atoms with E-state index in [0.29, 0.717) is 38.6 Å². The SMILES string of the molecule is CN1CC(NC(=O)[C@@H]2CC[C@H](C(=O)O)C2)CCC1=O. The van der Waals surface area contributed by atoms with Crippen molar-refractivity contribution >= 4 is 17.8 Å². The Balaban J connectivity index is 1.82. The van der Waals surface area contributed by atoms with Gasteiger partial charge in [-0.2, -0.15) is 0 Å². The molecule has 0 radical (unpaired) electrons. The largest absolute Gasteiger partial charge is 0.481 e. The third kappa shape index (κ3) is 3.24. The van der Waals surface area contributed by atoms with Crippen LogP contribution in [0, 0.1) is 11.8 Å². The molecule has 2 N–H and O–H groups in total. The highest BCUT2D eigenvalue weighted by molar-refractivity contribution is 5.82. The van der Waals surface area contributed by atoms with Crippen LogP contribution in [0.2, 0.25) is 0 Å². The van der Waals surface area contributed by atoms with E-state index in [1.54, 1.807) is 11.9 Å². The molecule has 1 aliphatic heterocycles. The summed E-state index contributed by atoms with van der Waals surface area (Å²) in [6, 6.07) is -0.000854. The zero-order valence-electron chi connectivity index (χ0n) is 11.1. The van der Waals surface area contributed by atoms with E-state index in [-0.39, 0.29) is 29.7 Å². The van der Waals surface area contributed by atoms with Crippen molar-refractivity contribution in [1.29, 1.82) is 0 Å². The van der Waals surface area contributed by atoms with Crippen LogP contribution in [-0.4, -0.2) is 47.4 Å². The molecule has 0 aromatic carbocycles. The monoisotopic (exact) mass is 268 g/mol. The lowest BCUT2D eigenvalue weighted by Crippen LogP contribution is -2.49. The van der Waals surface area contributed by atoms with E-state index >= 15 is 0 Å². The normalized spacial score (nSPS) is 31.3. The van der Waals surface area contributed by atoms with Gasteiger partial charge in [0.15, 0.2) is 0 Å². The van der Waals surface area contributed by atoms with E-state index in [1.807, 2.05) is 0 Å². The molecule has 1 unspecified atom stereocenters. The minimum atomic E-state index is -0.807. The van der Waals surface area contributed by atoms with Crippen LogP contribution in [-0.2, 0) is 14.4 Å². The van der Waals surface area contributed by atoms with Gasteiger partial charge < -0.3 is 15.3 Å². The van der Waals surface area contributed by atoms with Crippen molar-refractivity contribution in [3.8, 4) is 0 Å². The van der Waals surface area contributed by atoms with E-state index in [9.17, 15) is 14.4 Å². The topological polar surface area (TPSA) is 86.7 Å². The second kappa shape index (κ2) is 5.59. The number of nitrogens with zero attached hydrogens (tertiary/aromatic N) is 1. The number of hydrogen-bond donors (Lipinski definition) is 2. The van der Waals surface area contributed by atoms with Crippen molar-refractivity contribution in [2.24, 2.45) is 11.8 Å². The van der Waals surface area contributed by atoms with Gasteiger partial charge in [-0.15, -0.1) is 0 Å². The van der Waals surface area contributed by atoms with Gasteiger partial charge in [0, 0.05) is 32.0 Å². The number of nitrogens with one attached hydrogen (secondary N) is 1. The molecule has 0 bridgehead atoms. The zero-order valence-corrected chi connectivity index (χ0v) is 11.1. The van der Waals surface area contributed by atoms with Crippen molar-refractivity contribution in [1.82, 2.24) is 10.2 Å². The van der Waals surface area contributed by atoms with Gasteiger partial charge >= 0.3 is 5.97 Å². The molecule has 2 rings (SSSR count). The molecule has 2 aliphatic rings. The van der Waals surface area contributed by atoms with Gasteiger partial charge in [0.05, 0.1) is 5.92 Å². The summed E-state index contributed by atoms with van der Waals surface area (Å²) in [6.45, 7) is 0.541. The lowest BCUT2D eigenvalue weighted by molar-refractivity contribution is -0.141. The standard InChI is InChI=1S/C13H20N2O4/c1-15-7-10(4-5-11(15)16)14-12(17)8-2-3-9(6-8)13(18)19/h8-10H,2-7H2,1H3,(H,14,17)(H,18,19)/t8-,9+,10?/m1/s1. The molecule has 0 aromatic heterocycles. The molecule has 0 spiro atoms. The quantitative estimate of drug-likeness (QED) is 0.767. The smallest absolute Gasteiger partial charge is 0.306 e. The van der Waals surface area contributed by atoms with Crippen LogP contribution in [0.5, 0.6) is 0 Å². The molecular weight excluding hydrogens is 248 g/mol. The first-order chi connectivity index (χ1) is 8.97. The molecule has 1 aliphatic carbocycles. The van der Waals surface area contributed by atoms with E-state index in [4.69, 9.17) is 5.11 Å². The third-order valence-electron chi connectivity index (χ3n) is 4.13. The number of likely N-dealkylation sites (N-methyl/N-ethyl adjacent to an activating group) is 1. The Labute approximate surface area is 112 Å². The molecule has 2 fully saturated rings. The number of rotatable bonds is 3. The zero-order chi connectivity index (χ0) is 14.0. The molecule has 2 amide bonds. The summed E-state index contributed by atoms with van der Waals surface area (Å²) in [5.74, 6) is -1.33. The fourth-order valence-electron chi connectivity index (χ4n) is 2.89. The Morgan fingerprint density at radius 3 is 2.53 bits per heavy atom. The Kier molecular flexibility index (Phi) is 4.07. The lowest BCUT2D eigenvalue weighted by Gasteiger charge is -2.30. The van der Waals surface area contributed by atoms with Gasteiger partial charge in [-0.3, -0.25) is 14.4 Å². The lowest BCUT2D eigenvalue weighted by atomic mass is 10.0. The van der Waals surface area contributed by atoms with Crippen LogP contribution in [0.3, 0.4) is 0 Å². The minimum absolute atomic E-state index is 0.000854. The number of aliphatic carboxylic acids is 1. The maximum atomic E-state index is 12.1. The van der Waals surface area contributed by atoms with Gasteiger partial charge in [-0.1, -0.05) is 0 Å². The molecule has 106 valence electrons. The Bertz CT molecular complexity index is 396. The summed E-state index contributed by atoms with van der Waals surface area (Å²) >= 11 is 0. The summed E-state index contributed by atoms with van der Waals surface area (Å²) in [5.41, 5.74) is 0. The number of likely N-dealkylation sites (tertiary alicyclic amines) is 1. The van der Waals surface area contributed by atoms with Gasteiger partial charge in [-0.05, 0) is 25.7 Å². The summed E-state index contributed by atoms with van der Waals surface area (Å²) in [4.78, 5) is 35.9. The average molecular weight is 268 g/mol. The fraction of sp³-hybridized carbons (Fsp3) is 0.769. The summed E-state index contributed by atoms with van der Waals surface area (Å²) < 4.78 is 0. The van der Waals surface area contributed by atoms with Crippen molar-refractivity contribution in [3.63, 3.8) is 0 Å². The van der Waals surface area contributed by atoms with Gasteiger partial charge in [0.1, 0.15) is 0 Å². The number of piperidine rings is 1. The van der Waals surface area contributed by atoms with Gasteiger partial charge in [0.2, 0.25) is 11.8 Å². The van der Waals surface area contributed by atoms with E-state index in [1.165, 1.54) is 0 Å². The Morgan fingerprint density at radius 1 is 1.26 bits per heavy atom. The molecule has 19 heavy (non-hydrogen) atoms. The van der Waals surface area contributed by atoms with E-state index in [0.717, 1.165) is 0 Å². The molecule has 0 aromatic rings. The van der Waals surface area contributed by atoms with Crippen molar-refractivity contribution in [2.75, 3.05) is 13.6 Å². The van der Waals surface area contributed by atoms with E-state index < -0.39 is 5.97 Å². The van der Waals surface area contributed by atoms with Gasteiger partial charge in [-0.25, -0.2) is 0 Å². The number of hydrogen-bond acceptors (Lipinski definition) is 3. The molecular formula is C13H20N2O4. The highest BCUT2D eigenvalue weighted by Crippen LogP contribution is 2.31. The number of carbonyl (C=O) groups is 3. The highest BCUT2D eigenvalue weighted by Gasteiger charge is 2.35. The second-order valence-corrected chi connectivity index (χ2v) is 5.56. The summed E-state index contributed by atoms with van der Waals surface area (Å²) in [6.07, 6.45) is 2.79. The van der Waals surface area contributed by atoms with Gasteiger partial charge in [0.25, 0.3) is 0 Å². The Morgan fingerprint density at radius 2 is 1.95 bits per heavy atom. The third-order valence-corrected chi connectivity index (χ3v) is 4.13. The highest BCUT2D eigenvalue weighted by atomic mass is 16.4. The van der Waals surface area contributed by atoms with Crippen LogP contribution in [0.15, 0.2) is 0 Å². The number of carboxylic acids is 1. The number of amides is 2. The van der Waals surface area contributed by atoms with Crippen LogP contribution >= 0.6 is 0 Å². The molecule has 1 heterocycles. The summed E-state index contributed by atoms with van der Waals surface area (Å²) in [7, 11) is 1.73. The predicted molar refractivity (Wildman–Crippen MR) is 67.3 cm³/mol. The van der Waals surface area contributed by atoms with Crippen LogP contribution in [0.1, 0.15) is 32.1 Å². The summed E-state index contributed by atoms with van der Waals surface area (Å²) in [5, 5.41) is 11.9. The maximum Gasteiger partial charge on any atom is 0.306 e. The molecule has 3 atom stereocenters. The molecule has 6 nitrogen and oxygen atoms in total. The average Bonchev–Trinajstić information content (AvgIpc) is 2.83. The van der Waals surface area contributed by atoms with Crippen molar-refractivity contribution < 1.29 is 19.5 Å². The van der Waals surface area contributed by atoms with Crippen molar-refractivity contribution in [2.45, 2.75) is 38.1 Å². The number of carboxylic acid groups (broad SMARTS) is 1. The second-order valence-electron chi connectivity index (χ2n) is 5.56. The maximum absolute atomic E-state index is 12.1. The number of carbonyl (C=O) groups excluding carboxylic acids is 2. The first-order valence-corrected chi connectivity index (χ1v) is 6.74. The van der Waals surface area contributed by atoms with E-state index in [2.05, 4.69) is 5.32 Å². The molecule has 1 saturated heterocycles. The Hall–Kier alpha value is -1.59. The predicted octanol–water partition coefficient (Wildman–Crippen LogP) is 0.224. The van der Waals surface area contributed by atoms with Crippen LogP contribution in [0.4, 0.5) is 0 Å². The van der Waals surface area contributed by atoms with Crippen LogP contribution < -0.4 is 5.32 Å². The fourth-order valence-corrected chi connectivity index (χ4v) is 2.89. The van der Waals surface area contributed by atoms with Crippen LogP contribution in [0.25, 0.3) is 0 Å².